The minimum absolute atomic E-state index is 0.00377. The monoisotopic (exact) mass is 249 g/mol. The number of halogens is 1. The zero-order valence-electron chi connectivity index (χ0n) is 9.51. The molecule has 6 nitrogen and oxygen atoms in total. The lowest BCUT2D eigenvalue weighted by Gasteiger charge is -2.06. The molecule has 0 unspecified atom stereocenters. The number of aryl methyl sites for hydroxylation is 1. The van der Waals surface area contributed by atoms with Crippen molar-refractivity contribution in [2.75, 3.05) is 11.1 Å². The van der Waals surface area contributed by atoms with E-state index in [2.05, 4.69) is 15.4 Å². The number of carbonyl (C=O) groups is 1. The van der Waals surface area contributed by atoms with Crippen molar-refractivity contribution in [3.8, 4) is 0 Å². The summed E-state index contributed by atoms with van der Waals surface area (Å²) < 4.78 is 14.5. The van der Waals surface area contributed by atoms with Crippen LogP contribution >= 0.6 is 0 Å². The van der Waals surface area contributed by atoms with Crippen LogP contribution in [0.25, 0.3) is 0 Å². The number of nitrogen functional groups attached to an aromatic ring is 1. The first kappa shape index (κ1) is 12.0. The Kier molecular flexibility index (Phi) is 3.52. The highest BCUT2D eigenvalue weighted by atomic mass is 19.1. The molecule has 0 radical (unpaired) electrons. The summed E-state index contributed by atoms with van der Waals surface area (Å²) in [6, 6.07) is 4.05. The molecule has 0 aliphatic carbocycles. The second-order valence-corrected chi connectivity index (χ2v) is 3.69. The number of anilines is 2. The quantitative estimate of drug-likeness (QED) is 0.792. The predicted octanol–water partition coefficient (Wildman–Crippen LogP) is 1.03. The van der Waals surface area contributed by atoms with Crippen molar-refractivity contribution in [3.05, 3.63) is 36.7 Å². The van der Waals surface area contributed by atoms with E-state index in [1.165, 1.54) is 30.9 Å². The Morgan fingerprint density at radius 2 is 2.33 bits per heavy atom. The van der Waals surface area contributed by atoms with E-state index < -0.39 is 5.82 Å². The minimum atomic E-state index is -0.504. The van der Waals surface area contributed by atoms with Gasteiger partial charge in [-0.05, 0) is 18.2 Å². The van der Waals surface area contributed by atoms with Gasteiger partial charge in [-0.3, -0.25) is 9.48 Å². The highest BCUT2D eigenvalue weighted by Crippen LogP contribution is 2.16. The normalized spacial score (nSPS) is 10.3. The summed E-state index contributed by atoms with van der Waals surface area (Å²) in [5.74, 6) is -0.702. The molecule has 1 aromatic heterocycles. The summed E-state index contributed by atoms with van der Waals surface area (Å²) in [5.41, 5.74) is 5.87. The van der Waals surface area contributed by atoms with Crippen molar-refractivity contribution in [2.45, 2.75) is 13.0 Å². The molecular weight excluding hydrogens is 237 g/mol. The van der Waals surface area contributed by atoms with E-state index in [-0.39, 0.29) is 18.0 Å². The second-order valence-electron chi connectivity index (χ2n) is 3.69. The fraction of sp³-hybridized carbons (Fsp3) is 0.182. The average Bonchev–Trinajstić information content (AvgIpc) is 2.84. The molecule has 0 atom stereocenters. The molecule has 3 N–H and O–H groups in total. The van der Waals surface area contributed by atoms with Crippen LogP contribution in [-0.4, -0.2) is 20.7 Å². The lowest BCUT2D eigenvalue weighted by Crippen LogP contribution is -2.15. The standard InChI is InChI=1S/C11H12FN5O/c12-9-2-1-8(5-10(9)13)16-11(18)3-4-17-7-14-6-15-17/h1-2,5-7H,3-4,13H2,(H,16,18). The first-order chi connectivity index (χ1) is 8.65. The fourth-order valence-electron chi connectivity index (χ4n) is 1.41. The zero-order chi connectivity index (χ0) is 13.0. The number of amides is 1. The van der Waals surface area contributed by atoms with Crippen LogP contribution in [-0.2, 0) is 11.3 Å². The lowest BCUT2D eigenvalue weighted by atomic mass is 10.2. The number of hydrogen-bond acceptors (Lipinski definition) is 4. The van der Waals surface area contributed by atoms with E-state index >= 15 is 0 Å². The van der Waals surface area contributed by atoms with E-state index in [1.54, 1.807) is 4.68 Å². The molecule has 0 fully saturated rings. The molecule has 94 valence electrons. The van der Waals surface area contributed by atoms with Crippen molar-refractivity contribution in [1.29, 1.82) is 0 Å². The molecule has 2 rings (SSSR count). The second kappa shape index (κ2) is 5.26. The van der Waals surface area contributed by atoms with Crippen LogP contribution in [0.5, 0.6) is 0 Å². The topological polar surface area (TPSA) is 85.8 Å². The number of nitrogens with zero attached hydrogens (tertiary/aromatic N) is 3. The Morgan fingerprint density at radius 3 is 3.00 bits per heavy atom. The van der Waals surface area contributed by atoms with Crippen molar-refractivity contribution >= 4 is 17.3 Å². The van der Waals surface area contributed by atoms with Gasteiger partial charge in [0.15, 0.2) is 0 Å². The molecular formula is C11H12FN5O. The molecule has 7 heteroatoms. The van der Waals surface area contributed by atoms with Crippen molar-refractivity contribution in [2.24, 2.45) is 0 Å². The van der Waals surface area contributed by atoms with E-state index in [0.29, 0.717) is 12.2 Å². The summed E-state index contributed by atoms with van der Waals surface area (Å²) in [7, 11) is 0. The van der Waals surface area contributed by atoms with E-state index in [4.69, 9.17) is 5.73 Å². The van der Waals surface area contributed by atoms with Gasteiger partial charge in [-0.2, -0.15) is 5.10 Å². The first-order valence-corrected chi connectivity index (χ1v) is 5.32. The predicted molar refractivity (Wildman–Crippen MR) is 64.1 cm³/mol. The molecule has 1 heterocycles. The van der Waals surface area contributed by atoms with Crippen molar-refractivity contribution in [1.82, 2.24) is 14.8 Å². The fourth-order valence-corrected chi connectivity index (χ4v) is 1.41. The van der Waals surface area contributed by atoms with Crippen LogP contribution in [0.1, 0.15) is 6.42 Å². The average molecular weight is 249 g/mol. The van der Waals surface area contributed by atoms with E-state index in [9.17, 15) is 9.18 Å². The van der Waals surface area contributed by atoms with Crippen LogP contribution in [0.4, 0.5) is 15.8 Å². The summed E-state index contributed by atoms with van der Waals surface area (Å²) in [4.78, 5) is 15.4. The molecule has 0 aliphatic rings. The van der Waals surface area contributed by atoms with Crippen LogP contribution in [0.2, 0.25) is 0 Å². The van der Waals surface area contributed by atoms with Gasteiger partial charge in [0.05, 0.1) is 12.2 Å². The maximum absolute atomic E-state index is 12.9. The van der Waals surface area contributed by atoms with Crippen molar-refractivity contribution < 1.29 is 9.18 Å². The summed E-state index contributed by atoms with van der Waals surface area (Å²) in [6.07, 6.45) is 3.18. The maximum Gasteiger partial charge on any atom is 0.226 e. The number of benzene rings is 1. The van der Waals surface area contributed by atoms with E-state index in [0.717, 1.165) is 0 Å². The summed E-state index contributed by atoms with van der Waals surface area (Å²) in [5, 5.41) is 6.50. The Hall–Kier alpha value is -2.44. The molecule has 0 saturated carbocycles. The largest absolute Gasteiger partial charge is 0.396 e. The molecule has 0 saturated heterocycles. The van der Waals surface area contributed by atoms with Crippen LogP contribution in [0, 0.1) is 5.82 Å². The molecule has 1 amide bonds. The molecule has 1 aromatic carbocycles. The maximum atomic E-state index is 12.9. The third kappa shape index (κ3) is 3.03. The third-order valence-corrected chi connectivity index (χ3v) is 2.31. The van der Waals surface area contributed by atoms with Gasteiger partial charge in [0.25, 0.3) is 0 Å². The van der Waals surface area contributed by atoms with Crippen LogP contribution in [0.3, 0.4) is 0 Å². The Balaban J connectivity index is 1.88. The number of aromatic nitrogens is 3. The highest BCUT2D eigenvalue weighted by Gasteiger charge is 2.05. The number of rotatable bonds is 4. The first-order valence-electron chi connectivity index (χ1n) is 5.32. The molecule has 0 aliphatic heterocycles. The molecule has 0 spiro atoms. The smallest absolute Gasteiger partial charge is 0.226 e. The van der Waals surface area contributed by atoms with Gasteiger partial charge in [0.1, 0.15) is 18.5 Å². The third-order valence-electron chi connectivity index (χ3n) is 2.31. The van der Waals surface area contributed by atoms with Gasteiger partial charge in [0.2, 0.25) is 5.91 Å². The zero-order valence-corrected chi connectivity index (χ0v) is 9.51. The molecule has 18 heavy (non-hydrogen) atoms. The van der Waals surface area contributed by atoms with Crippen LogP contribution in [0.15, 0.2) is 30.9 Å². The number of hydrogen-bond donors (Lipinski definition) is 2. The Bertz CT molecular complexity index is 540. The highest BCUT2D eigenvalue weighted by molar-refractivity contribution is 5.91. The van der Waals surface area contributed by atoms with Gasteiger partial charge >= 0.3 is 0 Å². The van der Waals surface area contributed by atoms with Crippen LogP contribution < -0.4 is 11.1 Å². The van der Waals surface area contributed by atoms with Crippen molar-refractivity contribution in [3.63, 3.8) is 0 Å². The summed E-state index contributed by atoms with van der Waals surface area (Å²) in [6.45, 7) is 0.433. The lowest BCUT2D eigenvalue weighted by molar-refractivity contribution is -0.116. The molecule has 2 aromatic rings. The van der Waals surface area contributed by atoms with Gasteiger partial charge in [-0.1, -0.05) is 0 Å². The number of carbonyl (C=O) groups excluding carboxylic acids is 1. The number of nitrogens with two attached hydrogens (primary N) is 1. The Labute approximate surface area is 103 Å². The van der Waals surface area contributed by atoms with Gasteiger partial charge in [0, 0.05) is 12.1 Å². The minimum Gasteiger partial charge on any atom is -0.396 e. The Morgan fingerprint density at radius 1 is 1.50 bits per heavy atom. The van der Waals surface area contributed by atoms with Gasteiger partial charge in [-0.25, -0.2) is 9.37 Å². The van der Waals surface area contributed by atoms with Gasteiger partial charge in [-0.15, -0.1) is 0 Å². The molecule has 0 bridgehead atoms. The van der Waals surface area contributed by atoms with E-state index in [1.807, 2.05) is 0 Å². The number of nitrogens with one attached hydrogen (secondary N) is 1. The summed E-state index contributed by atoms with van der Waals surface area (Å²) >= 11 is 0. The SMILES string of the molecule is Nc1cc(NC(=O)CCn2cncn2)ccc1F. The van der Waals surface area contributed by atoms with Gasteiger partial charge < -0.3 is 11.1 Å².